The lowest BCUT2D eigenvalue weighted by molar-refractivity contribution is 0.0663. The van der Waals surface area contributed by atoms with Crippen molar-refractivity contribution in [3.63, 3.8) is 0 Å². The SMILES string of the molecule is Cc1cc2c(cnn2-c2ccc(=O)n(C(F)F)c2)cc1C1(Cc2ccccc2)CCN(S(=O)(=O)c2cnn(C)n2)C1. The Morgan fingerprint density at radius 2 is 1.83 bits per heavy atom. The fraction of sp³-hybridized carbons (Fsp3) is 0.286. The highest BCUT2D eigenvalue weighted by Crippen LogP contribution is 2.42. The molecular weight excluding hydrogens is 552 g/mol. The molecule has 5 aromatic rings. The van der Waals surface area contributed by atoms with Crippen LogP contribution < -0.4 is 5.56 Å². The number of sulfonamides is 1. The molecule has 0 spiro atoms. The lowest BCUT2D eigenvalue weighted by atomic mass is 9.73. The average Bonchev–Trinajstić information content (AvgIpc) is 3.68. The molecule has 3 aromatic heterocycles. The van der Waals surface area contributed by atoms with E-state index in [0.29, 0.717) is 35.2 Å². The van der Waals surface area contributed by atoms with E-state index in [1.807, 2.05) is 49.4 Å². The lowest BCUT2D eigenvalue weighted by Gasteiger charge is -2.32. The number of hydrogen-bond donors (Lipinski definition) is 0. The molecule has 0 N–H and O–H groups in total. The maximum Gasteiger partial charge on any atom is 0.321 e. The molecule has 212 valence electrons. The minimum atomic E-state index is -3.86. The first-order chi connectivity index (χ1) is 19.6. The molecule has 1 aliphatic heterocycles. The summed E-state index contributed by atoms with van der Waals surface area (Å²) in [4.78, 5) is 13.1. The number of nitrogens with zero attached hydrogens (tertiary/aromatic N) is 7. The molecule has 6 rings (SSSR count). The number of benzene rings is 2. The van der Waals surface area contributed by atoms with Crippen LogP contribution in [0.4, 0.5) is 8.78 Å². The Bertz CT molecular complexity index is 1920. The maximum atomic E-state index is 13.5. The zero-order valence-corrected chi connectivity index (χ0v) is 23.2. The second-order valence-corrected chi connectivity index (χ2v) is 12.3. The van der Waals surface area contributed by atoms with Crippen molar-refractivity contribution in [3.05, 3.63) is 100 Å². The van der Waals surface area contributed by atoms with Crippen LogP contribution in [-0.2, 0) is 28.9 Å². The second-order valence-electron chi connectivity index (χ2n) is 10.4. The molecule has 1 saturated heterocycles. The predicted molar refractivity (Wildman–Crippen MR) is 148 cm³/mol. The number of hydrogen-bond acceptors (Lipinski definition) is 6. The molecule has 0 bridgehead atoms. The van der Waals surface area contributed by atoms with Crippen molar-refractivity contribution in [3.8, 4) is 5.69 Å². The van der Waals surface area contributed by atoms with Gasteiger partial charge in [0.25, 0.3) is 15.6 Å². The number of aryl methyl sites for hydroxylation is 2. The predicted octanol–water partition coefficient (Wildman–Crippen LogP) is 3.59. The van der Waals surface area contributed by atoms with Crippen molar-refractivity contribution in [1.82, 2.24) is 33.6 Å². The van der Waals surface area contributed by atoms with E-state index in [9.17, 15) is 22.0 Å². The van der Waals surface area contributed by atoms with Crippen molar-refractivity contribution >= 4 is 20.9 Å². The first-order valence-electron chi connectivity index (χ1n) is 13.0. The summed E-state index contributed by atoms with van der Waals surface area (Å²) in [6.07, 6.45) is 5.19. The fourth-order valence-electron chi connectivity index (χ4n) is 5.79. The number of halogens is 2. The number of alkyl halides is 2. The average molecular weight is 580 g/mol. The van der Waals surface area contributed by atoms with Gasteiger partial charge in [0, 0.05) is 43.2 Å². The Hall–Kier alpha value is -4.23. The van der Waals surface area contributed by atoms with E-state index in [1.165, 1.54) is 26.0 Å². The van der Waals surface area contributed by atoms with Crippen LogP contribution in [0, 0.1) is 6.92 Å². The molecule has 13 heteroatoms. The molecule has 1 unspecified atom stereocenters. The molecule has 10 nitrogen and oxygen atoms in total. The van der Waals surface area contributed by atoms with E-state index in [0.717, 1.165) is 34.3 Å². The largest absolute Gasteiger partial charge is 0.321 e. The summed E-state index contributed by atoms with van der Waals surface area (Å²) in [5.74, 6) is 0. The molecule has 41 heavy (non-hydrogen) atoms. The molecule has 1 atom stereocenters. The van der Waals surface area contributed by atoms with Gasteiger partial charge in [0.1, 0.15) is 0 Å². The van der Waals surface area contributed by atoms with Crippen LogP contribution in [0.3, 0.4) is 0 Å². The van der Waals surface area contributed by atoms with Gasteiger partial charge >= 0.3 is 6.55 Å². The summed E-state index contributed by atoms with van der Waals surface area (Å²) >= 11 is 0. The highest BCUT2D eigenvalue weighted by Gasteiger charge is 2.45. The van der Waals surface area contributed by atoms with Crippen LogP contribution in [0.15, 0.2) is 83.0 Å². The Kier molecular flexibility index (Phi) is 6.57. The van der Waals surface area contributed by atoms with Crippen LogP contribution in [0.5, 0.6) is 0 Å². The van der Waals surface area contributed by atoms with Crippen molar-refractivity contribution in [2.24, 2.45) is 7.05 Å². The quantitative estimate of drug-likeness (QED) is 0.292. The Morgan fingerprint density at radius 3 is 2.54 bits per heavy atom. The van der Waals surface area contributed by atoms with E-state index in [4.69, 9.17) is 0 Å². The van der Waals surface area contributed by atoms with E-state index < -0.39 is 27.5 Å². The molecule has 1 aliphatic rings. The Balaban J connectivity index is 1.44. The molecule has 0 aliphatic carbocycles. The van der Waals surface area contributed by atoms with Crippen LogP contribution in [0.25, 0.3) is 16.6 Å². The van der Waals surface area contributed by atoms with E-state index >= 15 is 0 Å². The van der Waals surface area contributed by atoms with Crippen molar-refractivity contribution in [2.45, 2.75) is 36.8 Å². The minimum absolute atomic E-state index is 0.0888. The van der Waals surface area contributed by atoms with Gasteiger partial charge < -0.3 is 0 Å². The van der Waals surface area contributed by atoms with Crippen molar-refractivity contribution < 1.29 is 17.2 Å². The van der Waals surface area contributed by atoms with Crippen molar-refractivity contribution in [2.75, 3.05) is 13.1 Å². The molecule has 4 heterocycles. The normalized spacial score (nSPS) is 18.1. The smallest absolute Gasteiger partial charge is 0.269 e. The third-order valence-corrected chi connectivity index (χ3v) is 9.46. The van der Waals surface area contributed by atoms with E-state index in [-0.39, 0.29) is 11.6 Å². The molecular formula is C28H27F2N7O3S. The molecule has 0 saturated carbocycles. The first-order valence-corrected chi connectivity index (χ1v) is 14.4. The Morgan fingerprint density at radius 1 is 1.05 bits per heavy atom. The topological polar surface area (TPSA) is 108 Å². The van der Waals surface area contributed by atoms with E-state index in [1.54, 1.807) is 13.2 Å². The highest BCUT2D eigenvalue weighted by molar-refractivity contribution is 7.89. The van der Waals surface area contributed by atoms with E-state index in [2.05, 4.69) is 15.3 Å². The number of rotatable bonds is 7. The molecule has 0 amide bonds. The van der Waals surface area contributed by atoms with Crippen LogP contribution in [0.2, 0.25) is 0 Å². The van der Waals surface area contributed by atoms with Crippen LogP contribution in [-0.4, -0.2) is 55.2 Å². The van der Waals surface area contributed by atoms with Gasteiger partial charge in [-0.1, -0.05) is 30.3 Å². The number of fused-ring (bicyclic) bond motifs is 1. The second kappa shape index (κ2) is 10.00. The minimum Gasteiger partial charge on any atom is -0.269 e. The van der Waals surface area contributed by atoms with Crippen LogP contribution in [0.1, 0.15) is 29.7 Å². The third kappa shape index (κ3) is 4.74. The van der Waals surface area contributed by atoms with Gasteiger partial charge in [-0.15, -0.1) is 5.10 Å². The monoisotopic (exact) mass is 579 g/mol. The summed E-state index contributed by atoms with van der Waals surface area (Å²) in [6.45, 7) is -0.448. The standard InChI is InChI=1S/C28H27F2N7O3S/c1-19-12-24-21(15-32-37(24)22-8-9-26(38)36(17-22)27(29)30)13-23(19)28(14-20-6-4-3-5-7-20)10-11-35(18-28)41(39,40)25-16-31-34(2)33-25/h3-9,12-13,15-17,27H,10-11,14,18H2,1-2H3. The number of pyridine rings is 1. The van der Waals surface area contributed by atoms with Gasteiger partial charge in [0.15, 0.2) is 0 Å². The van der Waals surface area contributed by atoms with Gasteiger partial charge in [-0.05, 0) is 54.7 Å². The van der Waals surface area contributed by atoms with Crippen LogP contribution >= 0.6 is 0 Å². The fourth-order valence-corrected chi connectivity index (χ4v) is 7.20. The highest BCUT2D eigenvalue weighted by atomic mass is 32.2. The summed E-state index contributed by atoms with van der Waals surface area (Å²) in [6, 6.07) is 16.4. The van der Waals surface area contributed by atoms with Gasteiger partial charge in [-0.3, -0.25) is 9.36 Å². The maximum absolute atomic E-state index is 13.5. The van der Waals surface area contributed by atoms with Gasteiger partial charge in [0.2, 0.25) is 5.03 Å². The summed E-state index contributed by atoms with van der Waals surface area (Å²) in [5, 5.41) is 13.1. The zero-order chi connectivity index (χ0) is 28.9. The Labute approximate surface area is 234 Å². The molecule has 2 aromatic carbocycles. The van der Waals surface area contributed by atoms with Crippen molar-refractivity contribution in [1.29, 1.82) is 0 Å². The lowest BCUT2D eigenvalue weighted by Crippen LogP contribution is -2.36. The summed E-state index contributed by atoms with van der Waals surface area (Å²) in [5.41, 5.74) is 2.65. The number of aromatic nitrogens is 6. The molecule has 1 fully saturated rings. The summed E-state index contributed by atoms with van der Waals surface area (Å²) in [7, 11) is -2.28. The first kappa shape index (κ1) is 27.0. The zero-order valence-electron chi connectivity index (χ0n) is 22.4. The molecule has 0 radical (unpaired) electrons. The third-order valence-electron chi connectivity index (χ3n) is 7.75. The summed E-state index contributed by atoms with van der Waals surface area (Å²) < 4.78 is 57.1. The van der Waals surface area contributed by atoms with Gasteiger partial charge in [0.05, 0.1) is 23.6 Å². The van der Waals surface area contributed by atoms with Gasteiger partial charge in [-0.25, -0.2) is 13.1 Å². The van der Waals surface area contributed by atoms with Gasteiger partial charge in [-0.2, -0.15) is 28.1 Å².